The minimum absolute atomic E-state index is 0.455. The molecule has 0 saturated carbocycles. The van der Waals surface area contributed by atoms with Crippen molar-refractivity contribution >= 4 is 11.4 Å². The van der Waals surface area contributed by atoms with Crippen molar-refractivity contribution in [1.29, 1.82) is 0 Å². The van der Waals surface area contributed by atoms with Gasteiger partial charge in [-0.3, -0.25) is 0 Å². The lowest BCUT2D eigenvalue weighted by Crippen LogP contribution is -2.05. The average Bonchev–Trinajstić information content (AvgIpc) is 3.29. The molecule has 64 heavy (non-hydrogen) atoms. The van der Waals surface area contributed by atoms with Gasteiger partial charge in [0.2, 0.25) is 0 Å². The number of benzene rings is 4. The van der Waals surface area contributed by atoms with E-state index < -0.39 is 0 Å². The highest BCUT2D eigenvalue weighted by Crippen LogP contribution is 2.35. The Bertz CT molecular complexity index is 1620. The molecule has 0 amide bonds. The molecule has 0 radical (unpaired) electrons. The van der Waals surface area contributed by atoms with Gasteiger partial charge in [0, 0.05) is 23.2 Å². The van der Waals surface area contributed by atoms with Gasteiger partial charge >= 0.3 is 0 Å². The van der Waals surface area contributed by atoms with E-state index in [1.807, 2.05) is 0 Å². The van der Waals surface area contributed by atoms with E-state index in [9.17, 15) is 0 Å². The average molecular weight is 869 g/mol. The third-order valence-corrected chi connectivity index (χ3v) is 14.5. The van der Waals surface area contributed by atoms with Crippen LogP contribution >= 0.6 is 0 Å². The number of hydrogen-bond acceptors (Lipinski definition) is 2. The Kier molecular flexibility index (Phi) is 27.4. The van der Waals surface area contributed by atoms with Crippen LogP contribution in [0.2, 0.25) is 0 Å². The largest absolute Gasteiger partial charge is 0.399 e. The first kappa shape index (κ1) is 53.1. The van der Waals surface area contributed by atoms with Crippen molar-refractivity contribution in [3.05, 3.63) is 129 Å². The maximum absolute atomic E-state index is 6.17. The molecule has 0 spiro atoms. The quantitative estimate of drug-likeness (QED) is 0.0350. The lowest BCUT2D eigenvalue weighted by atomic mass is 9.84. The van der Waals surface area contributed by atoms with Crippen LogP contribution in [-0.4, -0.2) is 0 Å². The van der Waals surface area contributed by atoms with Crippen molar-refractivity contribution in [2.45, 2.75) is 245 Å². The molecule has 0 bridgehead atoms. The molecule has 0 aliphatic rings. The van der Waals surface area contributed by atoms with Crippen molar-refractivity contribution < 1.29 is 0 Å². The molecule has 2 nitrogen and oxygen atoms in total. The van der Waals surface area contributed by atoms with E-state index in [0.29, 0.717) is 11.8 Å². The number of aryl methyl sites for hydroxylation is 4. The van der Waals surface area contributed by atoms with Crippen LogP contribution in [0.15, 0.2) is 84.9 Å². The van der Waals surface area contributed by atoms with E-state index in [0.717, 1.165) is 11.4 Å². The summed E-state index contributed by atoms with van der Waals surface area (Å²) in [5, 5.41) is 0. The zero-order chi connectivity index (χ0) is 45.5. The lowest BCUT2D eigenvalue weighted by molar-refractivity contribution is 0.540. The Balaban J connectivity index is 1.10. The van der Waals surface area contributed by atoms with Crippen LogP contribution in [0.4, 0.5) is 11.4 Å². The van der Waals surface area contributed by atoms with Gasteiger partial charge in [-0.25, -0.2) is 0 Å². The maximum Gasteiger partial charge on any atom is 0.0316 e. The molecule has 0 aliphatic carbocycles. The summed E-state index contributed by atoms with van der Waals surface area (Å²) in [7, 11) is 0. The summed E-state index contributed by atoms with van der Waals surface area (Å²) in [5.41, 5.74) is 25.6. The Morgan fingerprint density at radius 3 is 0.906 bits per heavy atom. The van der Waals surface area contributed by atoms with Crippen molar-refractivity contribution in [1.82, 2.24) is 0 Å². The molecule has 0 fully saturated rings. The molecular weight excluding hydrogens is 773 g/mol. The van der Waals surface area contributed by atoms with Gasteiger partial charge < -0.3 is 11.5 Å². The summed E-state index contributed by atoms with van der Waals surface area (Å²) in [6.07, 6.45) is 43.3. The fourth-order valence-electron chi connectivity index (χ4n) is 10.4. The van der Waals surface area contributed by atoms with E-state index in [1.54, 1.807) is 0 Å². The number of hydrogen-bond donors (Lipinski definition) is 2. The SMILES string of the molecule is CCCCCCCCCCCCC(c1ccc(CCCCCCCCCCc2ccc(C(CCCCCCCCCCCC)c3ccc(N)cc3C)cc2)cc1)c1ccc(N)cc1C. The Labute approximate surface area is 395 Å². The predicted octanol–water partition coefficient (Wildman–Crippen LogP) is 19.3. The first-order chi connectivity index (χ1) is 31.4. The second-order valence-corrected chi connectivity index (χ2v) is 20.1. The molecule has 0 saturated heterocycles. The lowest BCUT2D eigenvalue weighted by Gasteiger charge is -2.21. The van der Waals surface area contributed by atoms with Crippen LogP contribution in [-0.2, 0) is 12.8 Å². The van der Waals surface area contributed by atoms with Crippen LogP contribution in [0, 0.1) is 13.8 Å². The number of unbranched alkanes of at least 4 members (excludes halogenated alkanes) is 25. The van der Waals surface area contributed by atoms with Crippen molar-refractivity contribution in [3.63, 3.8) is 0 Å². The Morgan fingerprint density at radius 1 is 0.328 bits per heavy atom. The van der Waals surface area contributed by atoms with E-state index in [1.165, 1.54) is 250 Å². The van der Waals surface area contributed by atoms with Gasteiger partial charge in [-0.2, -0.15) is 0 Å². The third-order valence-electron chi connectivity index (χ3n) is 14.5. The molecule has 2 atom stereocenters. The second kappa shape index (κ2) is 33.0. The normalized spacial score (nSPS) is 12.5. The molecule has 2 unspecified atom stereocenters. The maximum atomic E-state index is 6.17. The van der Waals surface area contributed by atoms with Gasteiger partial charge in [-0.15, -0.1) is 0 Å². The summed E-state index contributed by atoms with van der Waals surface area (Å²) in [6.45, 7) is 9.09. The monoisotopic (exact) mass is 869 g/mol. The topological polar surface area (TPSA) is 52.0 Å². The highest BCUT2D eigenvalue weighted by atomic mass is 14.5. The molecule has 4 aromatic carbocycles. The second-order valence-electron chi connectivity index (χ2n) is 20.1. The molecular formula is C62H96N2. The Hall–Kier alpha value is -3.52. The van der Waals surface area contributed by atoms with E-state index in [2.05, 4.69) is 113 Å². The molecule has 2 heteroatoms. The smallest absolute Gasteiger partial charge is 0.0316 e. The molecule has 0 aliphatic heterocycles. The van der Waals surface area contributed by atoms with Crippen molar-refractivity contribution in [2.75, 3.05) is 11.5 Å². The van der Waals surface area contributed by atoms with E-state index in [4.69, 9.17) is 11.5 Å². The van der Waals surface area contributed by atoms with Gasteiger partial charge in [0.25, 0.3) is 0 Å². The molecule has 0 heterocycles. The zero-order valence-electron chi connectivity index (χ0n) is 42.0. The van der Waals surface area contributed by atoms with Crippen molar-refractivity contribution in [3.8, 4) is 0 Å². The summed E-state index contributed by atoms with van der Waals surface area (Å²) >= 11 is 0. The van der Waals surface area contributed by atoms with Crippen LogP contribution in [0.25, 0.3) is 0 Å². The minimum atomic E-state index is 0.455. The van der Waals surface area contributed by atoms with E-state index >= 15 is 0 Å². The minimum Gasteiger partial charge on any atom is -0.399 e. The molecule has 4 rings (SSSR count). The van der Waals surface area contributed by atoms with E-state index in [-0.39, 0.29) is 0 Å². The number of rotatable bonds is 37. The highest BCUT2D eigenvalue weighted by molar-refractivity contribution is 5.49. The fraction of sp³-hybridized carbons (Fsp3) is 0.613. The Morgan fingerprint density at radius 2 is 0.609 bits per heavy atom. The van der Waals surface area contributed by atoms with Crippen molar-refractivity contribution in [2.24, 2.45) is 0 Å². The molecule has 4 aromatic rings. The first-order valence-corrected chi connectivity index (χ1v) is 27.3. The summed E-state index contributed by atoms with van der Waals surface area (Å²) < 4.78 is 0. The predicted molar refractivity (Wildman–Crippen MR) is 285 cm³/mol. The molecule has 354 valence electrons. The molecule has 0 aromatic heterocycles. The van der Waals surface area contributed by atoms with Gasteiger partial charge in [0.05, 0.1) is 0 Å². The fourth-order valence-corrected chi connectivity index (χ4v) is 10.4. The standard InChI is InChI=1S/C62H96N2/c1-5-7-9-11-13-15-17-23-27-31-35-61(59-47-45-57(63)49-51(59)3)55-41-37-53(38-42-55)33-29-25-21-19-20-22-26-30-34-54-39-43-56(44-40-54)62(60-48-46-58(64)50-52(60)4)36-32-28-24-18-16-14-12-10-8-6-2/h37-50,61-62H,5-36,63-64H2,1-4H3. The van der Waals surface area contributed by atoms with Crippen LogP contribution in [0.5, 0.6) is 0 Å². The summed E-state index contributed by atoms with van der Waals surface area (Å²) in [4.78, 5) is 0. The van der Waals surface area contributed by atoms with Crippen LogP contribution < -0.4 is 11.5 Å². The van der Waals surface area contributed by atoms with Crippen LogP contribution in [0.3, 0.4) is 0 Å². The van der Waals surface area contributed by atoms with Gasteiger partial charge in [0.1, 0.15) is 0 Å². The number of nitrogens with two attached hydrogens (primary N) is 2. The zero-order valence-corrected chi connectivity index (χ0v) is 42.0. The summed E-state index contributed by atoms with van der Waals surface area (Å²) in [5.74, 6) is 0.910. The number of nitrogen functional groups attached to an aromatic ring is 2. The van der Waals surface area contributed by atoms with Crippen LogP contribution in [0.1, 0.15) is 263 Å². The van der Waals surface area contributed by atoms with Gasteiger partial charge in [-0.05, 0) is 121 Å². The van der Waals surface area contributed by atoms with Gasteiger partial charge in [-0.1, -0.05) is 241 Å². The highest BCUT2D eigenvalue weighted by Gasteiger charge is 2.18. The van der Waals surface area contributed by atoms with Gasteiger partial charge in [0.15, 0.2) is 0 Å². The molecule has 4 N–H and O–H groups in total. The number of anilines is 2. The third kappa shape index (κ3) is 21.2. The summed E-state index contributed by atoms with van der Waals surface area (Å²) in [6, 6.07) is 32.5. The first-order valence-electron chi connectivity index (χ1n) is 27.3.